The first kappa shape index (κ1) is 23.8. The van der Waals surface area contributed by atoms with Gasteiger partial charge >= 0.3 is 0 Å². The molecular weight excluding hydrogens is 445 g/mol. The highest BCUT2D eigenvalue weighted by molar-refractivity contribution is 5.52. The second-order valence-corrected chi connectivity index (χ2v) is 9.40. The lowest BCUT2D eigenvalue weighted by molar-refractivity contribution is -0.141. The molecule has 1 N–H and O–H groups in total. The van der Waals surface area contributed by atoms with Crippen molar-refractivity contribution in [1.82, 2.24) is 0 Å². The molecule has 0 aromatic heterocycles. The number of aromatic hydroxyl groups is 1. The molecule has 2 aliphatic rings. The van der Waals surface area contributed by atoms with Crippen molar-refractivity contribution in [2.75, 3.05) is 32.2 Å². The molecule has 5 nitrogen and oxygen atoms in total. The van der Waals surface area contributed by atoms with E-state index in [9.17, 15) is 9.50 Å². The van der Waals surface area contributed by atoms with Crippen molar-refractivity contribution in [2.45, 2.75) is 37.8 Å². The fourth-order valence-corrected chi connectivity index (χ4v) is 5.56. The number of ether oxygens (including phenoxy) is 3. The van der Waals surface area contributed by atoms with Gasteiger partial charge in [-0.05, 0) is 71.5 Å². The summed E-state index contributed by atoms with van der Waals surface area (Å²) in [5, 5.41) is 10.0. The summed E-state index contributed by atoms with van der Waals surface area (Å²) in [7, 11) is 3.40. The quantitative estimate of drug-likeness (QED) is 0.457. The Morgan fingerprint density at radius 2 is 1.57 bits per heavy atom. The molecule has 0 bridgehead atoms. The van der Waals surface area contributed by atoms with Crippen LogP contribution in [0.5, 0.6) is 5.75 Å². The minimum absolute atomic E-state index is 0.0613. The van der Waals surface area contributed by atoms with Crippen molar-refractivity contribution in [3.63, 3.8) is 0 Å². The summed E-state index contributed by atoms with van der Waals surface area (Å²) in [5.74, 6) is 0.314. The first-order valence-electron chi connectivity index (χ1n) is 12.2. The summed E-state index contributed by atoms with van der Waals surface area (Å²) in [5.41, 5.74) is 5.36. The second-order valence-electron chi connectivity index (χ2n) is 9.40. The van der Waals surface area contributed by atoms with E-state index >= 15 is 0 Å². The van der Waals surface area contributed by atoms with Gasteiger partial charge in [0.25, 0.3) is 0 Å². The van der Waals surface area contributed by atoms with Crippen LogP contribution in [0.4, 0.5) is 10.1 Å². The van der Waals surface area contributed by atoms with Crippen molar-refractivity contribution in [3.05, 3.63) is 94.8 Å². The molecule has 2 aliphatic heterocycles. The van der Waals surface area contributed by atoms with E-state index < -0.39 is 0 Å². The number of rotatable bonds is 6. The summed E-state index contributed by atoms with van der Waals surface area (Å²) < 4.78 is 30.8. The molecule has 3 aromatic carbocycles. The summed E-state index contributed by atoms with van der Waals surface area (Å²) in [6.45, 7) is 2.32. The molecule has 3 aromatic rings. The van der Waals surface area contributed by atoms with E-state index in [4.69, 9.17) is 14.2 Å². The maximum absolute atomic E-state index is 13.6. The summed E-state index contributed by atoms with van der Waals surface area (Å²) >= 11 is 0. The highest BCUT2D eigenvalue weighted by Crippen LogP contribution is 2.45. The SMILES string of the molecule is COC(OC)C1CCN(c2ccc([C@H]3c4ccc(O)cc4CO[C@H]3c3ccc(F)cc3)cc2)CC1. The van der Waals surface area contributed by atoms with E-state index in [-0.39, 0.29) is 29.9 Å². The van der Waals surface area contributed by atoms with Gasteiger partial charge in [-0.25, -0.2) is 4.39 Å². The number of hydrogen-bond donors (Lipinski definition) is 1. The molecule has 2 heterocycles. The molecular formula is C29H32FNO4. The number of nitrogens with zero attached hydrogens (tertiary/aromatic N) is 1. The lowest BCUT2D eigenvalue weighted by Crippen LogP contribution is -2.39. The molecule has 0 radical (unpaired) electrons. The largest absolute Gasteiger partial charge is 0.508 e. The minimum atomic E-state index is -0.262. The van der Waals surface area contributed by atoms with Gasteiger partial charge in [-0.3, -0.25) is 0 Å². The predicted octanol–water partition coefficient (Wildman–Crippen LogP) is 5.77. The molecule has 0 aliphatic carbocycles. The number of hydrogen-bond acceptors (Lipinski definition) is 5. The van der Waals surface area contributed by atoms with Gasteiger partial charge in [-0.15, -0.1) is 0 Å². The Bertz CT molecular complexity index is 1120. The van der Waals surface area contributed by atoms with Crippen LogP contribution in [0.25, 0.3) is 0 Å². The van der Waals surface area contributed by atoms with Gasteiger partial charge in [0.2, 0.25) is 0 Å². The second kappa shape index (κ2) is 10.4. The zero-order chi connectivity index (χ0) is 24.4. The van der Waals surface area contributed by atoms with Gasteiger partial charge in [-0.1, -0.05) is 30.3 Å². The van der Waals surface area contributed by atoms with Crippen molar-refractivity contribution in [2.24, 2.45) is 5.92 Å². The molecule has 0 spiro atoms. The third-order valence-electron chi connectivity index (χ3n) is 7.39. The summed E-state index contributed by atoms with van der Waals surface area (Å²) in [6.07, 6.45) is 1.66. The molecule has 1 fully saturated rings. The normalized spacial score (nSPS) is 20.7. The summed E-state index contributed by atoms with van der Waals surface area (Å²) in [6, 6.07) is 20.7. The fraction of sp³-hybridized carbons (Fsp3) is 0.379. The van der Waals surface area contributed by atoms with Crippen LogP contribution in [-0.4, -0.2) is 38.7 Å². The smallest absolute Gasteiger partial charge is 0.159 e. The molecule has 184 valence electrons. The average molecular weight is 478 g/mol. The van der Waals surface area contributed by atoms with E-state index in [1.165, 1.54) is 17.8 Å². The van der Waals surface area contributed by atoms with Crippen LogP contribution in [0.15, 0.2) is 66.7 Å². The monoisotopic (exact) mass is 477 g/mol. The van der Waals surface area contributed by atoms with Gasteiger partial charge in [0, 0.05) is 44.8 Å². The van der Waals surface area contributed by atoms with Crippen LogP contribution >= 0.6 is 0 Å². The molecule has 35 heavy (non-hydrogen) atoms. The lowest BCUT2D eigenvalue weighted by Gasteiger charge is -2.37. The zero-order valence-electron chi connectivity index (χ0n) is 20.2. The zero-order valence-corrected chi connectivity index (χ0v) is 20.2. The van der Waals surface area contributed by atoms with Gasteiger partial charge in [0.15, 0.2) is 6.29 Å². The number of phenolic OH excluding ortho intramolecular Hbond substituents is 1. The number of phenols is 1. The average Bonchev–Trinajstić information content (AvgIpc) is 2.90. The molecule has 0 unspecified atom stereocenters. The van der Waals surface area contributed by atoms with Crippen LogP contribution in [0.3, 0.4) is 0 Å². The predicted molar refractivity (Wildman–Crippen MR) is 133 cm³/mol. The Morgan fingerprint density at radius 3 is 2.23 bits per heavy atom. The molecule has 5 rings (SSSR count). The Morgan fingerprint density at radius 1 is 0.914 bits per heavy atom. The van der Waals surface area contributed by atoms with Crippen molar-refractivity contribution < 1.29 is 23.7 Å². The van der Waals surface area contributed by atoms with Gasteiger partial charge < -0.3 is 24.2 Å². The molecule has 2 atom stereocenters. The Kier molecular flexibility index (Phi) is 7.04. The van der Waals surface area contributed by atoms with E-state index in [0.29, 0.717) is 12.5 Å². The standard InChI is InChI=1S/C29H32FNO4/c1-33-29(34-2)21-13-15-31(16-14-21)24-9-5-19(6-10-24)27-26-12-11-25(32)17-22(26)18-35-28(27)20-3-7-23(30)8-4-20/h3-12,17,21,27-29,32H,13-16,18H2,1-2H3/t27-,28-/m0/s1. The van der Waals surface area contributed by atoms with Crippen LogP contribution in [0.1, 0.15) is 47.1 Å². The number of halogens is 1. The first-order valence-corrected chi connectivity index (χ1v) is 12.2. The fourth-order valence-electron chi connectivity index (χ4n) is 5.56. The number of benzene rings is 3. The maximum Gasteiger partial charge on any atom is 0.159 e. The van der Waals surface area contributed by atoms with Gasteiger partial charge in [0.05, 0.1) is 12.7 Å². The third kappa shape index (κ3) is 4.92. The van der Waals surface area contributed by atoms with E-state index in [1.54, 1.807) is 38.5 Å². The van der Waals surface area contributed by atoms with Crippen molar-refractivity contribution >= 4 is 5.69 Å². The van der Waals surface area contributed by atoms with E-state index in [2.05, 4.69) is 29.2 Å². The van der Waals surface area contributed by atoms with Gasteiger partial charge in [-0.2, -0.15) is 0 Å². The highest BCUT2D eigenvalue weighted by atomic mass is 19.1. The topological polar surface area (TPSA) is 51.2 Å². The minimum Gasteiger partial charge on any atom is -0.508 e. The first-order chi connectivity index (χ1) is 17.1. The van der Waals surface area contributed by atoms with Crippen LogP contribution in [0, 0.1) is 11.7 Å². The van der Waals surface area contributed by atoms with Crippen LogP contribution in [-0.2, 0) is 20.8 Å². The Labute approximate surface area is 206 Å². The van der Waals surface area contributed by atoms with E-state index in [0.717, 1.165) is 48.2 Å². The maximum atomic E-state index is 13.6. The number of methoxy groups -OCH3 is 2. The lowest BCUT2D eigenvalue weighted by atomic mass is 9.79. The number of fused-ring (bicyclic) bond motifs is 1. The number of piperidine rings is 1. The third-order valence-corrected chi connectivity index (χ3v) is 7.39. The Hall–Kier alpha value is -2.93. The molecule has 1 saturated heterocycles. The molecule has 0 amide bonds. The van der Waals surface area contributed by atoms with Crippen molar-refractivity contribution in [1.29, 1.82) is 0 Å². The van der Waals surface area contributed by atoms with Crippen LogP contribution < -0.4 is 4.90 Å². The molecule has 6 heteroatoms. The van der Waals surface area contributed by atoms with E-state index in [1.807, 2.05) is 6.07 Å². The van der Waals surface area contributed by atoms with Gasteiger partial charge in [0.1, 0.15) is 11.6 Å². The highest BCUT2D eigenvalue weighted by Gasteiger charge is 2.33. The van der Waals surface area contributed by atoms with Crippen LogP contribution in [0.2, 0.25) is 0 Å². The van der Waals surface area contributed by atoms with Crippen molar-refractivity contribution in [3.8, 4) is 5.75 Å². The summed E-state index contributed by atoms with van der Waals surface area (Å²) in [4.78, 5) is 2.41. The number of anilines is 1. The molecule has 0 saturated carbocycles. The Balaban J connectivity index is 1.40.